The van der Waals surface area contributed by atoms with E-state index in [2.05, 4.69) is 5.32 Å². The molecule has 0 aliphatic heterocycles. The molecular weight excluding hydrogens is 242 g/mol. The Bertz CT molecular complexity index is 536. The number of amides is 1. The number of carbonyl (C=O) groups is 1. The molecule has 1 aromatic heterocycles. The molecule has 1 N–H and O–H groups in total. The largest absolute Gasteiger partial charge is 0.493 e. The minimum atomic E-state index is -0.223. The first-order valence-electron chi connectivity index (χ1n) is 5.12. The molecule has 0 radical (unpaired) electrons. The number of hydrogen-bond acceptors (Lipinski definition) is 3. The molecule has 5 heteroatoms. The summed E-state index contributed by atoms with van der Waals surface area (Å²) in [7, 11) is 1.59. The fourth-order valence-corrected chi connectivity index (χ4v) is 1.66. The number of halogens is 1. The highest BCUT2D eigenvalue weighted by Crippen LogP contribution is 2.28. The quantitative estimate of drug-likeness (QED) is 0.851. The van der Waals surface area contributed by atoms with Crippen LogP contribution in [0.25, 0.3) is 11.0 Å². The Morgan fingerprint density at radius 2 is 2.35 bits per heavy atom. The standard InChI is InChI=1S/C12H12ClNO3/c1-16-10-4-2-3-8-5-9(17-12(8)10)7-14-11(15)6-13/h2-5H,6-7H2,1H3,(H,14,15). The van der Waals surface area contributed by atoms with Crippen LogP contribution in [-0.2, 0) is 11.3 Å². The number of nitrogens with one attached hydrogen (secondary N) is 1. The molecule has 1 amide bonds. The van der Waals surface area contributed by atoms with Gasteiger partial charge in [-0.15, -0.1) is 11.6 Å². The average Bonchev–Trinajstić information content (AvgIpc) is 2.78. The van der Waals surface area contributed by atoms with Gasteiger partial charge in [0.05, 0.1) is 13.7 Å². The van der Waals surface area contributed by atoms with E-state index < -0.39 is 0 Å². The Kier molecular flexibility index (Phi) is 3.54. The van der Waals surface area contributed by atoms with Gasteiger partial charge in [-0.05, 0) is 12.1 Å². The molecule has 0 saturated heterocycles. The first-order chi connectivity index (χ1) is 8.24. The highest BCUT2D eigenvalue weighted by molar-refractivity contribution is 6.27. The van der Waals surface area contributed by atoms with E-state index in [4.69, 9.17) is 20.8 Å². The van der Waals surface area contributed by atoms with Gasteiger partial charge in [-0.2, -0.15) is 0 Å². The Labute approximate surface area is 103 Å². The molecule has 17 heavy (non-hydrogen) atoms. The lowest BCUT2D eigenvalue weighted by Crippen LogP contribution is -2.23. The maximum Gasteiger partial charge on any atom is 0.235 e. The van der Waals surface area contributed by atoms with Crippen molar-refractivity contribution in [2.24, 2.45) is 0 Å². The van der Waals surface area contributed by atoms with Crippen molar-refractivity contribution in [3.05, 3.63) is 30.0 Å². The Morgan fingerprint density at radius 1 is 1.53 bits per heavy atom. The third-order valence-electron chi connectivity index (χ3n) is 2.36. The summed E-state index contributed by atoms with van der Waals surface area (Å²) in [6.07, 6.45) is 0. The molecular formula is C12H12ClNO3. The SMILES string of the molecule is COc1cccc2cc(CNC(=O)CCl)oc12. The molecule has 0 aliphatic rings. The van der Waals surface area contributed by atoms with Crippen molar-refractivity contribution in [2.45, 2.75) is 6.54 Å². The van der Waals surface area contributed by atoms with E-state index in [0.717, 1.165) is 5.39 Å². The van der Waals surface area contributed by atoms with Crippen LogP contribution < -0.4 is 10.1 Å². The van der Waals surface area contributed by atoms with E-state index in [0.29, 0.717) is 23.6 Å². The van der Waals surface area contributed by atoms with Gasteiger partial charge in [-0.1, -0.05) is 12.1 Å². The molecule has 0 atom stereocenters. The number of rotatable bonds is 4. The summed E-state index contributed by atoms with van der Waals surface area (Å²) >= 11 is 5.38. The van der Waals surface area contributed by atoms with Crippen molar-refractivity contribution in [2.75, 3.05) is 13.0 Å². The third-order valence-corrected chi connectivity index (χ3v) is 2.60. The van der Waals surface area contributed by atoms with E-state index in [1.165, 1.54) is 0 Å². The highest BCUT2D eigenvalue weighted by atomic mass is 35.5. The van der Waals surface area contributed by atoms with Crippen molar-refractivity contribution in [3.63, 3.8) is 0 Å². The van der Waals surface area contributed by atoms with Crippen molar-refractivity contribution < 1.29 is 13.9 Å². The summed E-state index contributed by atoms with van der Waals surface area (Å²) in [5, 5.41) is 3.59. The second-order valence-corrected chi connectivity index (χ2v) is 3.77. The fourth-order valence-electron chi connectivity index (χ4n) is 1.57. The smallest absolute Gasteiger partial charge is 0.235 e. The zero-order chi connectivity index (χ0) is 12.3. The molecule has 0 fully saturated rings. The number of para-hydroxylation sites is 1. The van der Waals surface area contributed by atoms with Gasteiger partial charge >= 0.3 is 0 Å². The molecule has 2 aromatic rings. The van der Waals surface area contributed by atoms with Crippen LogP contribution in [0.4, 0.5) is 0 Å². The van der Waals surface area contributed by atoms with Gasteiger partial charge in [0.15, 0.2) is 11.3 Å². The average molecular weight is 254 g/mol. The third kappa shape index (κ3) is 2.53. The summed E-state index contributed by atoms with van der Waals surface area (Å²) in [6, 6.07) is 7.51. The highest BCUT2D eigenvalue weighted by Gasteiger charge is 2.08. The first-order valence-corrected chi connectivity index (χ1v) is 5.66. The molecule has 4 nitrogen and oxygen atoms in total. The monoisotopic (exact) mass is 253 g/mol. The van der Waals surface area contributed by atoms with Gasteiger partial charge < -0.3 is 14.5 Å². The van der Waals surface area contributed by atoms with Crippen molar-refractivity contribution >= 4 is 28.5 Å². The maximum absolute atomic E-state index is 11.0. The van der Waals surface area contributed by atoms with Gasteiger partial charge in [0.2, 0.25) is 5.91 Å². The number of fused-ring (bicyclic) bond motifs is 1. The van der Waals surface area contributed by atoms with Crippen LogP contribution in [0.15, 0.2) is 28.7 Å². The van der Waals surface area contributed by atoms with Gasteiger partial charge in [-0.3, -0.25) is 4.79 Å². The lowest BCUT2D eigenvalue weighted by molar-refractivity contribution is -0.118. The van der Waals surface area contributed by atoms with Crippen LogP contribution in [0.2, 0.25) is 0 Å². The van der Waals surface area contributed by atoms with Crippen molar-refractivity contribution in [1.82, 2.24) is 5.32 Å². The lowest BCUT2D eigenvalue weighted by atomic mass is 10.2. The summed E-state index contributed by atoms with van der Waals surface area (Å²) < 4.78 is 10.8. The molecule has 0 saturated carbocycles. The van der Waals surface area contributed by atoms with Gasteiger partial charge in [0.25, 0.3) is 0 Å². The number of carbonyl (C=O) groups excluding carboxylic acids is 1. The summed E-state index contributed by atoms with van der Waals surface area (Å²) in [5.41, 5.74) is 0.685. The van der Waals surface area contributed by atoms with Crippen LogP contribution in [0.5, 0.6) is 5.75 Å². The lowest BCUT2D eigenvalue weighted by Gasteiger charge is -2.00. The number of ether oxygens (including phenoxy) is 1. The van der Waals surface area contributed by atoms with Gasteiger partial charge in [0, 0.05) is 5.39 Å². The Hall–Kier alpha value is -1.68. The van der Waals surface area contributed by atoms with Gasteiger partial charge in [0.1, 0.15) is 11.6 Å². The van der Waals surface area contributed by atoms with Crippen LogP contribution in [0, 0.1) is 0 Å². The Balaban J connectivity index is 2.22. The second kappa shape index (κ2) is 5.10. The van der Waals surface area contributed by atoms with Crippen LogP contribution >= 0.6 is 11.6 Å². The number of benzene rings is 1. The molecule has 0 unspecified atom stereocenters. The maximum atomic E-state index is 11.0. The predicted molar refractivity (Wildman–Crippen MR) is 65.3 cm³/mol. The molecule has 0 spiro atoms. The van der Waals surface area contributed by atoms with E-state index in [1.54, 1.807) is 7.11 Å². The zero-order valence-electron chi connectivity index (χ0n) is 9.33. The number of hydrogen-bond donors (Lipinski definition) is 1. The van der Waals surface area contributed by atoms with Crippen LogP contribution in [0.3, 0.4) is 0 Å². The van der Waals surface area contributed by atoms with Crippen molar-refractivity contribution in [1.29, 1.82) is 0 Å². The van der Waals surface area contributed by atoms with Crippen LogP contribution in [0.1, 0.15) is 5.76 Å². The van der Waals surface area contributed by atoms with E-state index >= 15 is 0 Å². The van der Waals surface area contributed by atoms with E-state index in [1.807, 2.05) is 24.3 Å². The number of furan rings is 1. The molecule has 1 heterocycles. The zero-order valence-corrected chi connectivity index (χ0v) is 10.1. The van der Waals surface area contributed by atoms with Crippen LogP contribution in [-0.4, -0.2) is 18.9 Å². The van der Waals surface area contributed by atoms with Gasteiger partial charge in [-0.25, -0.2) is 0 Å². The summed E-state index contributed by atoms with van der Waals surface area (Å²) in [6.45, 7) is 0.323. The summed E-state index contributed by atoms with van der Waals surface area (Å²) in [5.74, 6) is 1.07. The second-order valence-electron chi connectivity index (χ2n) is 3.50. The van der Waals surface area contributed by atoms with Crippen molar-refractivity contribution in [3.8, 4) is 5.75 Å². The number of methoxy groups -OCH3 is 1. The molecule has 0 aliphatic carbocycles. The molecule has 0 bridgehead atoms. The van der Waals surface area contributed by atoms with E-state index in [-0.39, 0.29) is 11.8 Å². The predicted octanol–water partition coefficient (Wildman–Crippen LogP) is 2.30. The minimum absolute atomic E-state index is 0.0520. The summed E-state index contributed by atoms with van der Waals surface area (Å²) in [4.78, 5) is 11.0. The Morgan fingerprint density at radius 3 is 3.06 bits per heavy atom. The minimum Gasteiger partial charge on any atom is -0.493 e. The van der Waals surface area contributed by atoms with E-state index in [9.17, 15) is 4.79 Å². The molecule has 2 rings (SSSR count). The topological polar surface area (TPSA) is 51.5 Å². The molecule has 90 valence electrons. The fraction of sp³-hybridized carbons (Fsp3) is 0.250. The number of alkyl halides is 1. The molecule has 1 aromatic carbocycles. The first kappa shape index (κ1) is 11.8. The normalized spacial score (nSPS) is 10.5.